The van der Waals surface area contributed by atoms with Gasteiger partial charge in [-0.15, -0.1) is 0 Å². The van der Waals surface area contributed by atoms with Crippen LogP contribution in [0.2, 0.25) is 25.7 Å². The lowest BCUT2D eigenvalue weighted by Gasteiger charge is -2.16. The fraction of sp³-hybridized carbons (Fsp3) is 0.400. The van der Waals surface area contributed by atoms with Crippen molar-refractivity contribution in [2.24, 2.45) is 0 Å². The quantitative estimate of drug-likeness (QED) is 0.424. The molecule has 0 aliphatic heterocycles. The third-order valence-corrected chi connectivity index (χ3v) is 6.43. The molecular formula is C15H24N4O3SSi. The topological polar surface area (TPSA) is 99.2 Å². The number of hydrogen-bond donors (Lipinski definition) is 2. The van der Waals surface area contributed by atoms with Crippen molar-refractivity contribution in [1.29, 1.82) is 0 Å². The molecule has 1 heterocycles. The van der Waals surface area contributed by atoms with E-state index in [9.17, 15) is 8.42 Å². The monoisotopic (exact) mass is 368 g/mol. The number of anilines is 2. The van der Waals surface area contributed by atoms with Crippen LogP contribution >= 0.6 is 0 Å². The summed E-state index contributed by atoms with van der Waals surface area (Å²) in [5, 5.41) is 4.10. The third kappa shape index (κ3) is 5.36. The molecule has 0 spiro atoms. The second-order valence-electron chi connectivity index (χ2n) is 6.74. The van der Waals surface area contributed by atoms with Crippen LogP contribution in [0, 0.1) is 0 Å². The molecule has 7 nitrogen and oxygen atoms in total. The van der Waals surface area contributed by atoms with E-state index in [0.717, 1.165) is 6.04 Å². The summed E-state index contributed by atoms with van der Waals surface area (Å²) in [5.74, 6) is 0.361. The van der Waals surface area contributed by atoms with E-state index >= 15 is 0 Å². The number of sulfonamides is 1. The number of rotatable bonds is 8. The zero-order chi connectivity index (χ0) is 17.8. The maximum absolute atomic E-state index is 12.4. The Morgan fingerprint density at radius 1 is 1.21 bits per heavy atom. The maximum Gasteiger partial charge on any atom is 0.263 e. The molecule has 0 saturated heterocycles. The summed E-state index contributed by atoms with van der Waals surface area (Å²) in [7, 11) is -4.85. The smallest absolute Gasteiger partial charge is 0.263 e. The van der Waals surface area contributed by atoms with Crippen molar-refractivity contribution in [3.05, 3.63) is 36.5 Å². The largest absolute Gasteiger partial charge is 0.399 e. The molecule has 9 heteroatoms. The van der Waals surface area contributed by atoms with Crippen molar-refractivity contribution < 1.29 is 13.2 Å². The van der Waals surface area contributed by atoms with Gasteiger partial charge in [0, 0.05) is 26.4 Å². The molecule has 24 heavy (non-hydrogen) atoms. The molecule has 0 saturated carbocycles. The zero-order valence-electron chi connectivity index (χ0n) is 14.2. The molecule has 0 aliphatic carbocycles. The van der Waals surface area contributed by atoms with Crippen LogP contribution in [0.1, 0.15) is 0 Å². The summed E-state index contributed by atoms with van der Waals surface area (Å²) < 4.78 is 34.4. The summed E-state index contributed by atoms with van der Waals surface area (Å²) >= 11 is 0. The van der Waals surface area contributed by atoms with Gasteiger partial charge in [-0.25, -0.2) is 13.1 Å². The molecule has 0 atom stereocenters. The van der Waals surface area contributed by atoms with Crippen LogP contribution in [0.4, 0.5) is 11.5 Å². The summed E-state index contributed by atoms with van der Waals surface area (Å²) in [4.78, 5) is 0.143. The molecule has 1 aromatic carbocycles. The first-order valence-corrected chi connectivity index (χ1v) is 12.8. The van der Waals surface area contributed by atoms with Crippen molar-refractivity contribution in [2.75, 3.05) is 17.1 Å². The Hall–Kier alpha value is -1.84. The van der Waals surface area contributed by atoms with Crippen LogP contribution in [0.15, 0.2) is 41.4 Å². The highest BCUT2D eigenvalue weighted by atomic mass is 32.2. The Labute approximate surface area is 143 Å². The lowest BCUT2D eigenvalue weighted by Crippen LogP contribution is -2.22. The van der Waals surface area contributed by atoms with Gasteiger partial charge in [0.15, 0.2) is 0 Å². The molecular weight excluding hydrogens is 344 g/mol. The Morgan fingerprint density at radius 2 is 1.88 bits per heavy atom. The average Bonchev–Trinajstić information content (AvgIpc) is 2.89. The Bertz CT molecular complexity index is 767. The van der Waals surface area contributed by atoms with Gasteiger partial charge < -0.3 is 10.5 Å². The van der Waals surface area contributed by atoms with Crippen LogP contribution in [-0.2, 0) is 21.5 Å². The van der Waals surface area contributed by atoms with E-state index in [2.05, 4.69) is 29.5 Å². The first-order chi connectivity index (χ1) is 11.2. The van der Waals surface area contributed by atoms with Crippen molar-refractivity contribution in [3.8, 4) is 0 Å². The lowest BCUT2D eigenvalue weighted by atomic mass is 10.3. The predicted molar refractivity (Wildman–Crippen MR) is 98.0 cm³/mol. The lowest BCUT2D eigenvalue weighted by molar-refractivity contribution is 0.0802. The fourth-order valence-electron chi connectivity index (χ4n) is 1.90. The minimum Gasteiger partial charge on any atom is -0.399 e. The summed E-state index contributed by atoms with van der Waals surface area (Å²) in [6.45, 7) is 7.67. The van der Waals surface area contributed by atoms with Crippen LogP contribution in [-0.4, -0.2) is 32.9 Å². The molecule has 1 aromatic heterocycles. The van der Waals surface area contributed by atoms with Crippen molar-refractivity contribution in [1.82, 2.24) is 9.78 Å². The van der Waals surface area contributed by atoms with Gasteiger partial charge in [-0.3, -0.25) is 4.72 Å². The normalized spacial score (nSPS) is 12.3. The van der Waals surface area contributed by atoms with Crippen molar-refractivity contribution in [2.45, 2.75) is 37.3 Å². The first-order valence-electron chi connectivity index (χ1n) is 7.65. The molecule has 0 fully saturated rings. The fourth-order valence-corrected chi connectivity index (χ4v) is 3.71. The second kappa shape index (κ2) is 7.37. The highest BCUT2D eigenvalue weighted by Crippen LogP contribution is 2.17. The number of hydrogen-bond acceptors (Lipinski definition) is 5. The number of ether oxygens (including phenoxy) is 1. The van der Waals surface area contributed by atoms with Crippen LogP contribution < -0.4 is 10.5 Å². The number of aromatic nitrogens is 2. The van der Waals surface area contributed by atoms with E-state index in [1.807, 2.05) is 0 Å². The van der Waals surface area contributed by atoms with Crippen LogP contribution in [0.25, 0.3) is 0 Å². The van der Waals surface area contributed by atoms with Gasteiger partial charge in [-0.2, -0.15) is 5.10 Å². The van der Waals surface area contributed by atoms with Gasteiger partial charge in [0.1, 0.15) is 12.5 Å². The van der Waals surface area contributed by atoms with Gasteiger partial charge in [-0.05, 0) is 30.3 Å². The average molecular weight is 369 g/mol. The van der Waals surface area contributed by atoms with Crippen LogP contribution in [0.5, 0.6) is 0 Å². The third-order valence-electron chi connectivity index (χ3n) is 3.36. The second-order valence-corrected chi connectivity index (χ2v) is 14.0. The maximum atomic E-state index is 12.4. The van der Waals surface area contributed by atoms with Gasteiger partial charge in [0.2, 0.25) is 0 Å². The minimum atomic E-state index is -3.69. The number of nitrogen functional groups attached to an aromatic ring is 1. The van der Waals surface area contributed by atoms with Crippen molar-refractivity contribution in [3.63, 3.8) is 0 Å². The standard InChI is InChI=1S/C15H24N4O3SSi/c1-24(2,3)11-10-22-12-19-15(8-9-17-19)18-23(20,21)14-6-4-13(16)5-7-14/h4-9,18H,10-12,16H2,1-3H3. The summed E-state index contributed by atoms with van der Waals surface area (Å²) in [6.07, 6.45) is 1.53. The van der Waals surface area contributed by atoms with Gasteiger partial charge in [0.25, 0.3) is 10.0 Å². The molecule has 132 valence electrons. The number of nitrogens with two attached hydrogens (primary N) is 1. The van der Waals surface area contributed by atoms with Gasteiger partial charge in [-0.1, -0.05) is 19.6 Å². The van der Waals surface area contributed by atoms with E-state index < -0.39 is 18.1 Å². The number of benzene rings is 1. The SMILES string of the molecule is C[Si](C)(C)CCOCn1nccc1NS(=O)(=O)c1ccc(N)cc1. The first kappa shape index (κ1) is 18.5. The summed E-state index contributed by atoms with van der Waals surface area (Å²) in [6, 6.07) is 8.65. The van der Waals surface area contributed by atoms with Gasteiger partial charge in [0.05, 0.1) is 11.1 Å². The highest BCUT2D eigenvalue weighted by molar-refractivity contribution is 7.92. The van der Waals surface area contributed by atoms with E-state index in [0.29, 0.717) is 18.1 Å². The Balaban J connectivity index is 2.01. The van der Waals surface area contributed by atoms with E-state index in [4.69, 9.17) is 10.5 Å². The zero-order valence-corrected chi connectivity index (χ0v) is 16.0. The predicted octanol–water partition coefficient (Wildman–Crippen LogP) is 2.58. The Morgan fingerprint density at radius 3 is 2.50 bits per heavy atom. The van der Waals surface area contributed by atoms with E-state index in [-0.39, 0.29) is 11.6 Å². The molecule has 0 radical (unpaired) electrons. The van der Waals surface area contributed by atoms with Crippen molar-refractivity contribution >= 4 is 29.6 Å². The van der Waals surface area contributed by atoms with Crippen LogP contribution in [0.3, 0.4) is 0 Å². The molecule has 2 rings (SSSR count). The Kier molecular flexibility index (Phi) is 5.68. The van der Waals surface area contributed by atoms with E-state index in [1.54, 1.807) is 18.2 Å². The molecule has 3 N–H and O–H groups in total. The number of nitrogens with zero attached hydrogens (tertiary/aromatic N) is 2. The highest BCUT2D eigenvalue weighted by Gasteiger charge is 2.17. The minimum absolute atomic E-state index is 0.143. The summed E-state index contributed by atoms with van der Waals surface area (Å²) in [5.41, 5.74) is 6.09. The molecule has 2 aromatic rings. The molecule has 0 bridgehead atoms. The molecule has 0 aliphatic rings. The molecule has 0 amide bonds. The van der Waals surface area contributed by atoms with E-state index in [1.165, 1.54) is 23.0 Å². The molecule has 0 unspecified atom stereocenters. The van der Waals surface area contributed by atoms with Gasteiger partial charge >= 0.3 is 0 Å². The number of nitrogens with one attached hydrogen (secondary N) is 1.